The van der Waals surface area contributed by atoms with Crippen LogP contribution < -0.4 is 0 Å². The molecule has 3 unspecified atom stereocenters. The smallest absolute Gasteiger partial charge is 0.123 e. The molecule has 0 radical (unpaired) electrons. The van der Waals surface area contributed by atoms with Crippen LogP contribution in [0, 0.1) is 5.82 Å². The molecular weight excluding hydrogens is 241 g/mol. The Morgan fingerprint density at radius 2 is 2.06 bits per heavy atom. The van der Waals surface area contributed by atoms with Crippen molar-refractivity contribution in [3.8, 4) is 0 Å². The van der Waals surface area contributed by atoms with E-state index in [1.807, 2.05) is 6.07 Å². The molecule has 1 aromatic carbocycles. The Balaban J connectivity index is 0.00000144. The minimum atomic E-state index is -0.199. The zero-order valence-electron chi connectivity index (χ0n) is 10.4. The summed E-state index contributed by atoms with van der Waals surface area (Å²) >= 11 is 0. The lowest BCUT2D eigenvalue weighted by Gasteiger charge is -2.41. The zero-order valence-corrected chi connectivity index (χ0v) is 11.2. The van der Waals surface area contributed by atoms with Crippen LogP contribution in [0.4, 0.5) is 4.39 Å². The van der Waals surface area contributed by atoms with Crippen molar-refractivity contribution < 1.29 is 9.13 Å². The topological polar surface area (TPSA) is 12.5 Å². The SMILES string of the molecule is CC1COC(c2cccc(F)c2)C(C)N1C.Cl. The number of ether oxygens (including phenoxy) is 1. The van der Waals surface area contributed by atoms with Crippen molar-refractivity contribution >= 4 is 12.4 Å². The van der Waals surface area contributed by atoms with E-state index in [4.69, 9.17) is 4.74 Å². The van der Waals surface area contributed by atoms with E-state index in [1.165, 1.54) is 6.07 Å². The quantitative estimate of drug-likeness (QED) is 0.769. The van der Waals surface area contributed by atoms with Crippen molar-refractivity contribution in [1.29, 1.82) is 0 Å². The second kappa shape index (κ2) is 5.80. The summed E-state index contributed by atoms with van der Waals surface area (Å²) in [4.78, 5) is 2.28. The van der Waals surface area contributed by atoms with Gasteiger partial charge in [0.15, 0.2) is 0 Å². The van der Waals surface area contributed by atoms with Gasteiger partial charge in [-0.05, 0) is 38.6 Å². The van der Waals surface area contributed by atoms with E-state index in [0.29, 0.717) is 12.6 Å². The van der Waals surface area contributed by atoms with Gasteiger partial charge in [-0.1, -0.05) is 12.1 Å². The molecule has 1 fully saturated rings. The Labute approximate surface area is 108 Å². The number of hydrogen-bond donors (Lipinski definition) is 0. The lowest BCUT2D eigenvalue weighted by atomic mass is 9.99. The number of likely N-dealkylation sites (N-methyl/N-ethyl adjacent to an activating group) is 1. The maximum atomic E-state index is 13.2. The minimum Gasteiger partial charge on any atom is -0.370 e. The average Bonchev–Trinajstić information content (AvgIpc) is 2.26. The fraction of sp³-hybridized carbons (Fsp3) is 0.538. The van der Waals surface area contributed by atoms with Crippen molar-refractivity contribution in [3.63, 3.8) is 0 Å². The molecule has 2 rings (SSSR count). The van der Waals surface area contributed by atoms with Crippen LogP contribution in [0.1, 0.15) is 25.5 Å². The van der Waals surface area contributed by atoms with Gasteiger partial charge in [0.05, 0.1) is 12.7 Å². The third kappa shape index (κ3) is 2.97. The second-order valence-corrected chi connectivity index (χ2v) is 4.56. The van der Waals surface area contributed by atoms with Gasteiger partial charge in [0.25, 0.3) is 0 Å². The maximum Gasteiger partial charge on any atom is 0.123 e. The summed E-state index contributed by atoms with van der Waals surface area (Å²) in [5, 5.41) is 0. The monoisotopic (exact) mass is 259 g/mol. The van der Waals surface area contributed by atoms with Crippen molar-refractivity contribution in [2.75, 3.05) is 13.7 Å². The van der Waals surface area contributed by atoms with E-state index >= 15 is 0 Å². The first-order valence-corrected chi connectivity index (χ1v) is 5.68. The first-order valence-electron chi connectivity index (χ1n) is 5.68. The lowest BCUT2D eigenvalue weighted by Crippen LogP contribution is -2.48. The van der Waals surface area contributed by atoms with E-state index in [2.05, 4.69) is 25.8 Å². The van der Waals surface area contributed by atoms with Gasteiger partial charge < -0.3 is 4.74 Å². The van der Waals surface area contributed by atoms with Gasteiger partial charge in [0.1, 0.15) is 5.82 Å². The highest BCUT2D eigenvalue weighted by molar-refractivity contribution is 5.85. The number of benzene rings is 1. The molecular formula is C13H19ClFNO. The summed E-state index contributed by atoms with van der Waals surface area (Å²) in [7, 11) is 2.09. The Hall–Kier alpha value is -0.640. The van der Waals surface area contributed by atoms with Crippen molar-refractivity contribution in [3.05, 3.63) is 35.6 Å². The fourth-order valence-corrected chi connectivity index (χ4v) is 2.17. The molecule has 1 saturated heterocycles. The number of hydrogen-bond acceptors (Lipinski definition) is 2. The highest BCUT2D eigenvalue weighted by Crippen LogP contribution is 2.29. The number of nitrogens with zero attached hydrogens (tertiary/aromatic N) is 1. The van der Waals surface area contributed by atoms with Crippen LogP contribution in [0.2, 0.25) is 0 Å². The number of halogens is 2. The van der Waals surface area contributed by atoms with Crippen LogP contribution in [0.3, 0.4) is 0 Å². The summed E-state index contributed by atoms with van der Waals surface area (Å²) in [6.07, 6.45) is -0.0306. The molecule has 0 spiro atoms. The maximum absolute atomic E-state index is 13.2. The summed E-state index contributed by atoms with van der Waals surface area (Å²) in [6, 6.07) is 7.37. The first-order chi connectivity index (χ1) is 7.59. The van der Waals surface area contributed by atoms with E-state index in [9.17, 15) is 4.39 Å². The van der Waals surface area contributed by atoms with E-state index < -0.39 is 0 Å². The lowest BCUT2D eigenvalue weighted by molar-refractivity contribution is -0.0853. The summed E-state index contributed by atoms with van der Waals surface area (Å²) in [6.45, 7) is 4.95. The van der Waals surface area contributed by atoms with E-state index in [1.54, 1.807) is 12.1 Å². The van der Waals surface area contributed by atoms with Gasteiger partial charge in [-0.25, -0.2) is 4.39 Å². The average molecular weight is 260 g/mol. The molecule has 3 atom stereocenters. The molecule has 4 heteroatoms. The van der Waals surface area contributed by atoms with Gasteiger partial charge in [-0.2, -0.15) is 0 Å². The minimum absolute atomic E-state index is 0. The molecule has 0 amide bonds. The first kappa shape index (κ1) is 14.4. The molecule has 1 aromatic rings. The zero-order chi connectivity index (χ0) is 11.7. The molecule has 0 saturated carbocycles. The van der Waals surface area contributed by atoms with Crippen LogP contribution in [0.5, 0.6) is 0 Å². The summed E-state index contributed by atoms with van der Waals surface area (Å²) in [5.41, 5.74) is 0.922. The standard InChI is InChI=1S/C13H18FNO.ClH/c1-9-8-16-13(10(2)15(9)3)11-5-4-6-12(14)7-11;/h4-7,9-10,13H,8H2,1-3H3;1H. The van der Waals surface area contributed by atoms with Gasteiger partial charge in [-0.3, -0.25) is 4.90 Å². The van der Waals surface area contributed by atoms with Crippen molar-refractivity contribution in [2.24, 2.45) is 0 Å². The highest BCUT2D eigenvalue weighted by atomic mass is 35.5. The van der Waals surface area contributed by atoms with Crippen LogP contribution in [-0.4, -0.2) is 30.6 Å². The summed E-state index contributed by atoms with van der Waals surface area (Å²) in [5.74, 6) is -0.199. The molecule has 0 aromatic heterocycles. The van der Waals surface area contributed by atoms with Crippen molar-refractivity contribution in [2.45, 2.75) is 32.0 Å². The van der Waals surface area contributed by atoms with Gasteiger partial charge >= 0.3 is 0 Å². The Morgan fingerprint density at radius 3 is 2.71 bits per heavy atom. The van der Waals surface area contributed by atoms with E-state index in [0.717, 1.165) is 5.56 Å². The largest absolute Gasteiger partial charge is 0.370 e. The van der Waals surface area contributed by atoms with Gasteiger partial charge in [0, 0.05) is 12.1 Å². The number of morpholine rings is 1. The summed E-state index contributed by atoms with van der Waals surface area (Å²) < 4.78 is 19.0. The Bertz CT molecular complexity index is 374. The van der Waals surface area contributed by atoms with Crippen LogP contribution in [-0.2, 0) is 4.74 Å². The molecule has 1 aliphatic rings. The molecule has 1 aliphatic heterocycles. The Kier molecular flexibility index (Phi) is 4.92. The predicted octanol–water partition coefficient (Wildman–Crippen LogP) is 3.03. The van der Waals surface area contributed by atoms with Crippen LogP contribution in [0.15, 0.2) is 24.3 Å². The molecule has 0 bridgehead atoms. The van der Waals surface area contributed by atoms with Gasteiger partial charge in [0.2, 0.25) is 0 Å². The molecule has 96 valence electrons. The normalized spacial score (nSPS) is 29.8. The van der Waals surface area contributed by atoms with E-state index in [-0.39, 0.29) is 30.4 Å². The molecule has 2 nitrogen and oxygen atoms in total. The molecule has 0 aliphatic carbocycles. The highest BCUT2D eigenvalue weighted by Gasteiger charge is 2.31. The number of rotatable bonds is 1. The predicted molar refractivity (Wildman–Crippen MR) is 69.0 cm³/mol. The molecule has 0 N–H and O–H groups in total. The Morgan fingerprint density at radius 1 is 1.35 bits per heavy atom. The van der Waals surface area contributed by atoms with Gasteiger partial charge in [-0.15, -0.1) is 12.4 Å². The molecule has 1 heterocycles. The third-order valence-corrected chi connectivity index (χ3v) is 3.47. The third-order valence-electron chi connectivity index (χ3n) is 3.47. The van der Waals surface area contributed by atoms with Crippen molar-refractivity contribution in [1.82, 2.24) is 4.90 Å². The van der Waals surface area contributed by atoms with Crippen LogP contribution >= 0.6 is 12.4 Å². The van der Waals surface area contributed by atoms with Crippen LogP contribution in [0.25, 0.3) is 0 Å². The molecule has 17 heavy (non-hydrogen) atoms. The fourth-order valence-electron chi connectivity index (χ4n) is 2.17. The second-order valence-electron chi connectivity index (χ2n) is 4.56.